The second-order valence-corrected chi connectivity index (χ2v) is 8.75. The van der Waals surface area contributed by atoms with Crippen molar-refractivity contribution >= 4 is 11.9 Å². The van der Waals surface area contributed by atoms with Crippen LogP contribution < -0.4 is 4.74 Å². The van der Waals surface area contributed by atoms with E-state index in [1.54, 1.807) is 6.20 Å². The first-order valence-corrected chi connectivity index (χ1v) is 11.6. The molecule has 2 aromatic heterocycles. The Kier molecular flexibility index (Phi) is 11.5. The van der Waals surface area contributed by atoms with Gasteiger partial charge in [0.05, 0.1) is 12.7 Å². The smallest absolute Gasteiger partial charge is 0.477 e. The molecule has 2 aromatic rings. The van der Waals surface area contributed by atoms with Gasteiger partial charge in [-0.1, -0.05) is 12.1 Å². The van der Waals surface area contributed by atoms with Crippen molar-refractivity contribution < 1.29 is 55.6 Å². The third-order valence-electron chi connectivity index (χ3n) is 5.83. The number of nitrogens with zero attached hydrogens (tertiary/aromatic N) is 3. The predicted octanol–water partition coefficient (Wildman–Crippen LogP) is 4.19. The Labute approximate surface area is 219 Å². The molecule has 0 aliphatic carbocycles. The summed E-state index contributed by atoms with van der Waals surface area (Å²) in [5.41, 5.74) is 1.31. The molecule has 0 amide bonds. The number of hydrogen-bond acceptors (Lipinski definition) is 7. The van der Waals surface area contributed by atoms with Crippen LogP contribution in [0.3, 0.4) is 0 Å². The molecule has 9 nitrogen and oxygen atoms in total. The molecule has 2 unspecified atom stereocenters. The molecule has 0 radical (unpaired) electrons. The van der Waals surface area contributed by atoms with Crippen molar-refractivity contribution in [2.24, 2.45) is 5.41 Å². The lowest BCUT2D eigenvalue weighted by Gasteiger charge is -2.50. The summed E-state index contributed by atoms with van der Waals surface area (Å²) in [4.78, 5) is 28.8. The first kappa shape index (κ1) is 31.8. The Morgan fingerprint density at radius 3 is 2.26 bits per heavy atom. The van der Waals surface area contributed by atoms with Gasteiger partial charge in [0.1, 0.15) is 0 Å². The maximum Gasteiger partial charge on any atom is 0.490 e. The van der Waals surface area contributed by atoms with Crippen molar-refractivity contribution in [1.82, 2.24) is 14.9 Å². The summed E-state index contributed by atoms with van der Waals surface area (Å²) in [5, 5.41) is 14.2. The van der Waals surface area contributed by atoms with Crippen molar-refractivity contribution in [3.8, 4) is 5.88 Å². The van der Waals surface area contributed by atoms with Gasteiger partial charge in [0.2, 0.25) is 5.88 Å². The van der Waals surface area contributed by atoms with E-state index in [1.807, 2.05) is 36.7 Å². The molecule has 0 aromatic carbocycles. The zero-order valence-corrected chi connectivity index (χ0v) is 20.5. The summed E-state index contributed by atoms with van der Waals surface area (Å²) in [6.07, 6.45) is -1.01. The minimum absolute atomic E-state index is 0.0518. The highest BCUT2D eigenvalue weighted by molar-refractivity contribution is 5.73. The van der Waals surface area contributed by atoms with Gasteiger partial charge in [-0.15, -0.1) is 0 Å². The fraction of sp³-hybridized carbons (Fsp3) is 0.500. The van der Waals surface area contributed by atoms with E-state index in [9.17, 15) is 26.3 Å². The van der Waals surface area contributed by atoms with Gasteiger partial charge >= 0.3 is 24.3 Å². The van der Waals surface area contributed by atoms with E-state index in [-0.39, 0.29) is 11.5 Å². The molecule has 2 atom stereocenters. The number of rotatable bonds is 5. The molecular weight excluding hydrogens is 540 g/mol. The lowest BCUT2D eigenvalue weighted by atomic mass is 9.73. The highest BCUT2D eigenvalue weighted by Gasteiger charge is 2.46. The van der Waals surface area contributed by atoms with Gasteiger partial charge < -0.3 is 19.7 Å². The van der Waals surface area contributed by atoms with Crippen LogP contribution in [0.4, 0.5) is 26.3 Å². The van der Waals surface area contributed by atoms with E-state index in [0.717, 1.165) is 45.5 Å². The largest absolute Gasteiger partial charge is 0.490 e. The third kappa shape index (κ3) is 10.7. The van der Waals surface area contributed by atoms with Crippen LogP contribution in [0.15, 0.2) is 48.9 Å². The summed E-state index contributed by atoms with van der Waals surface area (Å²) in [6.45, 7) is 4.53. The molecule has 2 N–H and O–H groups in total. The van der Waals surface area contributed by atoms with Crippen LogP contribution in [-0.2, 0) is 20.9 Å². The van der Waals surface area contributed by atoms with Gasteiger partial charge in [-0.2, -0.15) is 26.3 Å². The van der Waals surface area contributed by atoms with Crippen molar-refractivity contribution in [3.63, 3.8) is 0 Å². The Balaban J connectivity index is 0.000000317. The maximum atomic E-state index is 10.6. The molecule has 2 fully saturated rings. The SMILES string of the molecule is O=C(O)C(F)(F)F.O=C(O)C(F)(F)F.c1ccc(OCC23CCCOC2CCN(Cc2cccnc2)C3)nc1. The van der Waals surface area contributed by atoms with Gasteiger partial charge in [0.25, 0.3) is 0 Å². The number of alkyl halides is 6. The van der Waals surface area contributed by atoms with Gasteiger partial charge in [0.15, 0.2) is 0 Å². The minimum atomic E-state index is -5.08. The van der Waals surface area contributed by atoms with Gasteiger partial charge in [-0.05, 0) is 37.0 Å². The molecule has 2 aliphatic rings. The molecule has 2 saturated heterocycles. The van der Waals surface area contributed by atoms with Crippen LogP contribution in [0.2, 0.25) is 0 Å². The summed E-state index contributed by atoms with van der Waals surface area (Å²) < 4.78 is 75.7. The Morgan fingerprint density at radius 2 is 1.72 bits per heavy atom. The zero-order chi connectivity index (χ0) is 29.1. The lowest BCUT2D eigenvalue weighted by Crippen LogP contribution is -2.57. The van der Waals surface area contributed by atoms with Crippen LogP contribution in [-0.4, -0.2) is 81.8 Å². The van der Waals surface area contributed by atoms with Gasteiger partial charge in [-0.25, -0.2) is 14.6 Å². The molecule has 39 heavy (non-hydrogen) atoms. The fourth-order valence-electron chi connectivity index (χ4n) is 4.13. The molecular formula is C24H27F6N3O6. The number of carboxylic acids is 2. The van der Waals surface area contributed by atoms with Gasteiger partial charge in [-0.3, -0.25) is 9.88 Å². The number of carboxylic acid groups (broad SMARTS) is 2. The maximum absolute atomic E-state index is 10.6. The van der Waals surface area contributed by atoms with Gasteiger partial charge in [0, 0.05) is 56.3 Å². The number of hydrogen-bond donors (Lipinski definition) is 2. The van der Waals surface area contributed by atoms with E-state index in [0.29, 0.717) is 12.5 Å². The second-order valence-electron chi connectivity index (χ2n) is 8.75. The van der Waals surface area contributed by atoms with E-state index in [1.165, 1.54) is 5.56 Å². The average molecular weight is 567 g/mol. The quantitative estimate of drug-likeness (QED) is 0.512. The molecule has 15 heteroatoms. The zero-order valence-electron chi connectivity index (χ0n) is 20.5. The highest BCUT2D eigenvalue weighted by atomic mass is 19.4. The number of pyridine rings is 2. The molecule has 0 saturated carbocycles. The lowest BCUT2D eigenvalue weighted by molar-refractivity contribution is -0.193. The van der Waals surface area contributed by atoms with Crippen LogP contribution in [0, 0.1) is 5.41 Å². The Bertz CT molecular complexity index is 1020. The topological polar surface area (TPSA) is 122 Å². The first-order chi connectivity index (χ1) is 18.2. The average Bonchev–Trinajstić information content (AvgIpc) is 2.88. The number of likely N-dealkylation sites (tertiary alicyclic amines) is 1. The fourth-order valence-corrected chi connectivity index (χ4v) is 4.13. The summed E-state index contributed by atoms with van der Waals surface area (Å²) >= 11 is 0. The molecule has 2 aliphatic heterocycles. The van der Waals surface area contributed by atoms with Crippen molar-refractivity contribution in [3.05, 3.63) is 54.5 Å². The third-order valence-corrected chi connectivity index (χ3v) is 5.83. The summed E-state index contributed by atoms with van der Waals surface area (Å²) in [6, 6.07) is 9.95. The molecule has 4 heterocycles. The van der Waals surface area contributed by atoms with Crippen molar-refractivity contribution in [1.29, 1.82) is 0 Å². The Hall–Kier alpha value is -3.46. The second kappa shape index (κ2) is 14.1. The number of aromatic nitrogens is 2. The normalized spacial score (nSPS) is 21.2. The minimum Gasteiger partial charge on any atom is -0.477 e. The molecule has 0 spiro atoms. The van der Waals surface area contributed by atoms with E-state index in [4.69, 9.17) is 29.3 Å². The first-order valence-electron chi connectivity index (χ1n) is 11.6. The van der Waals surface area contributed by atoms with Crippen LogP contribution in [0.1, 0.15) is 24.8 Å². The molecule has 4 rings (SSSR count). The van der Waals surface area contributed by atoms with Crippen LogP contribution in [0.5, 0.6) is 5.88 Å². The van der Waals surface area contributed by atoms with Crippen LogP contribution in [0.25, 0.3) is 0 Å². The molecule has 0 bridgehead atoms. The summed E-state index contributed by atoms with van der Waals surface area (Å²) in [5.74, 6) is -4.81. The van der Waals surface area contributed by atoms with Crippen molar-refractivity contribution in [2.75, 3.05) is 26.3 Å². The number of aliphatic carboxylic acids is 2. The summed E-state index contributed by atoms with van der Waals surface area (Å²) in [7, 11) is 0. The molecule has 216 valence electrons. The van der Waals surface area contributed by atoms with Crippen LogP contribution >= 0.6 is 0 Å². The number of carbonyl (C=O) groups is 2. The number of fused-ring (bicyclic) bond motifs is 1. The van der Waals surface area contributed by atoms with E-state index < -0.39 is 24.3 Å². The number of ether oxygens (including phenoxy) is 2. The highest BCUT2D eigenvalue weighted by Crippen LogP contribution is 2.41. The number of halogens is 6. The van der Waals surface area contributed by atoms with E-state index in [2.05, 4.69) is 20.9 Å². The number of piperidine rings is 1. The van der Waals surface area contributed by atoms with E-state index >= 15 is 0 Å². The Morgan fingerprint density at radius 1 is 1.05 bits per heavy atom. The standard InChI is InChI=1S/C20H25N3O2.2C2HF3O2/c1-2-10-22-19(6-1)25-16-20-8-4-12-24-18(20)7-11-23(15-20)14-17-5-3-9-21-13-17;2*3-2(4,5)1(6)7/h1-3,5-6,9-10,13,18H,4,7-8,11-12,14-16H2;2*(H,6,7). The predicted molar refractivity (Wildman–Crippen MR) is 123 cm³/mol. The van der Waals surface area contributed by atoms with Crippen molar-refractivity contribution in [2.45, 2.75) is 44.3 Å². The monoisotopic (exact) mass is 567 g/mol.